The molecule has 0 bridgehead atoms. The van der Waals surface area contributed by atoms with Gasteiger partial charge in [0.1, 0.15) is 0 Å². The Kier molecular flexibility index (Phi) is 8.70. The number of hydrazine groups is 1. The van der Waals surface area contributed by atoms with E-state index in [0.29, 0.717) is 6.04 Å². The van der Waals surface area contributed by atoms with Crippen molar-refractivity contribution in [3.63, 3.8) is 0 Å². The zero-order valence-electron chi connectivity index (χ0n) is 12.6. The van der Waals surface area contributed by atoms with Gasteiger partial charge < -0.3 is 0 Å². The van der Waals surface area contributed by atoms with Crippen LogP contribution < -0.4 is 11.3 Å². The normalized spacial score (nSPS) is 20.8. The Morgan fingerprint density at radius 3 is 2.44 bits per heavy atom. The molecular weight excluding hydrogens is 220 g/mol. The van der Waals surface area contributed by atoms with E-state index in [2.05, 4.69) is 19.3 Å². The zero-order chi connectivity index (χ0) is 13.2. The molecule has 0 amide bonds. The number of nitrogens with one attached hydrogen (secondary N) is 1. The monoisotopic (exact) mass is 254 g/mol. The fraction of sp³-hybridized carbons (Fsp3) is 1.00. The van der Waals surface area contributed by atoms with E-state index in [-0.39, 0.29) is 0 Å². The average Bonchev–Trinajstić information content (AvgIpc) is 2.43. The molecule has 1 aliphatic rings. The van der Waals surface area contributed by atoms with E-state index in [1.165, 1.54) is 70.6 Å². The number of rotatable bonds is 9. The Labute approximate surface area is 114 Å². The Bertz CT molecular complexity index is 188. The Morgan fingerprint density at radius 1 is 1.17 bits per heavy atom. The second kappa shape index (κ2) is 9.80. The zero-order valence-corrected chi connectivity index (χ0v) is 12.6. The van der Waals surface area contributed by atoms with Crippen LogP contribution in [0.25, 0.3) is 0 Å². The molecule has 0 aromatic rings. The maximum Gasteiger partial charge on any atom is 0.0215 e. The van der Waals surface area contributed by atoms with E-state index in [1.54, 1.807) is 0 Å². The first-order valence-corrected chi connectivity index (χ1v) is 8.26. The summed E-state index contributed by atoms with van der Waals surface area (Å²) in [5, 5.41) is 0. The predicted molar refractivity (Wildman–Crippen MR) is 80.2 cm³/mol. The van der Waals surface area contributed by atoms with E-state index in [1.807, 2.05) is 0 Å². The first kappa shape index (κ1) is 16.0. The van der Waals surface area contributed by atoms with Crippen LogP contribution in [0.3, 0.4) is 0 Å². The van der Waals surface area contributed by atoms with Gasteiger partial charge in [0.2, 0.25) is 0 Å². The summed E-state index contributed by atoms with van der Waals surface area (Å²) < 4.78 is 0. The summed E-state index contributed by atoms with van der Waals surface area (Å²) in [6, 6.07) is 0.551. The highest BCUT2D eigenvalue weighted by Gasteiger charge is 2.20. The van der Waals surface area contributed by atoms with Crippen molar-refractivity contribution in [1.82, 2.24) is 5.43 Å². The summed E-state index contributed by atoms with van der Waals surface area (Å²) in [4.78, 5) is 0. The van der Waals surface area contributed by atoms with Crippen LogP contribution in [-0.2, 0) is 0 Å². The van der Waals surface area contributed by atoms with Gasteiger partial charge in [0.25, 0.3) is 0 Å². The average molecular weight is 254 g/mol. The molecule has 18 heavy (non-hydrogen) atoms. The molecule has 0 aromatic heterocycles. The molecule has 1 saturated carbocycles. The molecule has 1 aliphatic carbocycles. The van der Waals surface area contributed by atoms with Gasteiger partial charge in [-0.1, -0.05) is 71.6 Å². The SMILES string of the molecule is CCCCC(CC)CC(CC1CCCCC1)NN. The van der Waals surface area contributed by atoms with Crippen molar-refractivity contribution in [2.75, 3.05) is 0 Å². The third-order valence-electron chi connectivity index (χ3n) is 4.74. The largest absolute Gasteiger partial charge is 0.271 e. The summed E-state index contributed by atoms with van der Waals surface area (Å²) in [7, 11) is 0. The molecule has 2 heteroatoms. The molecule has 0 heterocycles. The molecule has 0 aromatic carbocycles. The van der Waals surface area contributed by atoms with Gasteiger partial charge in [-0.25, -0.2) is 0 Å². The second-order valence-corrected chi connectivity index (χ2v) is 6.26. The molecule has 2 atom stereocenters. The maximum absolute atomic E-state index is 5.77. The third kappa shape index (κ3) is 6.19. The molecule has 108 valence electrons. The Balaban J connectivity index is 2.29. The standard InChI is InChI=1S/C16H34N2/c1-3-5-9-14(4-2)12-16(18-17)13-15-10-7-6-8-11-15/h14-16,18H,3-13,17H2,1-2H3. The van der Waals surface area contributed by atoms with Gasteiger partial charge in [-0.05, 0) is 24.7 Å². The van der Waals surface area contributed by atoms with Crippen molar-refractivity contribution in [3.8, 4) is 0 Å². The van der Waals surface area contributed by atoms with Crippen molar-refractivity contribution < 1.29 is 0 Å². The molecule has 0 saturated heterocycles. The number of nitrogens with two attached hydrogens (primary N) is 1. The second-order valence-electron chi connectivity index (χ2n) is 6.26. The lowest BCUT2D eigenvalue weighted by atomic mass is 9.82. The molecule has 0 spiro atoms. The van der Waals surface area contributed by atoms with E-state index in [9.17, 15) is 0 Å². The molecular formula is C16H34N2. The molecule has 0 radical (unpaired) electrons. The highest BCUT2D eigenvalue weighted by atomic mass is 15.2. The topological polar surface area (TPSA) is 38.0 Å². The van der Waals surface area contributed by atoms with Crippen LogP contribution >= 0.6 is 0 Å². The van der Waals surface area contributed by atoms with Crippen molar-refractivity contribution in [2.24, 2.45) is 17.7 Å². The lowest BCUT2D eigenvalue weighted by Gasteiger charge is -2.28. The van der Waals surface area contributed by atoms with Crippen molar-refractivity contribution in [3.05, 3.63) is 0 Å². The number of hydrogen-bond donors (Lipinski definition) is 2. The highest BCUT2D eigenvalue weighted by Crippen LogP contribution is 2.29. The molecule has 0 aliphatic heterocycles. The summed E-state index contributed by atoms with van der Waals surface area (Å²) in [6.07, 6.45) is 15.2. The van der Waals surface area contributed by atoms with E-state index in [4.69, 9.17) is 5.84 Å². The summed E-state index contributed by atoms with van der Waals surface area (Å²) >= 11 is 0. The van der Waals surface area contributed by atoms with Gasteiger partial charge in [-0.2, -0.15) is 0 Å². The minimum Gasteiger partial charge on any atom is -0.271 e. The van der Waals surface area contributed by atoms with Gasteiger partial charge in [-0.15, -0.1) is 0 Å². The van der Waals surface area contributed by atoms with E-state index < -0.39 is 0 Å². The number of unbranched alkanes of at least 4 members (excludes halogenated alkanes) is 1. The smallest absolute Gasteiger partial charge is 0.0215 e. The lowest BCUT2D eigenvalue weighted by Crippen LogP contribution is -2.38. The van der Waals surface area contributed by atoms with Crippen molar-refractivity contribution in [1.29, 1.82) is 0 Å². The van der Waals surface area contributed by atoms with Gasteiger partial charge in [0, 0.05) is 6.04 Å². The maximum atomic E-state index is 5.77. The van der Waals surface area contributed by atoms with Crippen LogP contribution in [0.1, 0.15) is 84.5 Å². The third-order valence-corrected chi connectivity index (χ3v) is 4.74. The first-order chi connectivity index (χ1) is 8.80. The number of hydrogen-bond acceptors (Lipinski definition) is 2. The van der Waals surface area contributed by atoms with Gasteiger partial charge in [0.05, 0.1) is 0 Å². The molecule has 2 nitrogen and oxygen atoms in total. The highest BCUT2D eigenvalue weighted by molar-refractivity contribution is 4.75. The minimum absolute atomic E-state index is 0.551. The van der Waals surface area contributed by atoms with Crippen LogP contribution in [0.4, 0.5) is 0 Å². The summed E-state index contributed by atoms with van der Waals surface area (Å²) in [5.41, 5.74) is 3.09. The lowest BCUT2D eigenvalue weighted by molar-refractivity contribution is 0.264. The summed E-state index contributed by atoms with van der Waals surface area (Å²) in [5.74, 6) is 7.58. The fourth-order valence-electron chi connectivity index (χ4n) is 3.44. The van der Waals surface area contributed by atoms with Crippen molar-refractivity contribution >= 4 is 0 Å². The summed E-state index contributed by atoms with van der Waals surface area (Å²) in [6.45, 7) is 4.61. The van der Waals surface area contributed by atoms with Crippen LogP contribution in [-0.4, -0.2) is 6.04 Å². The molecule has 1 rings (SSSR count). The molecule has 3 N–H and O–H groups in total. The predicted octanol–water partition coefficient (Wildman–Crippen LogP) is 4.40. The van der Waals surface area contributed by atoms with Crippen LogP contribution in [0, 0.1) is 11.8 Å². The van der Waals surface area contributed by atoms with Crippen molar-refractivity contribution in [2.45, 2.75) is 90.5 Å². The fourth-order valence-corrected chi connectivity index (χ4v) is 3.44. The van der Waals surface area contributed by atoms with Crippen LogP contribution in [0.5, 0.6) is 0 Å². The quantitative estimate of drug-likeness (QED) is 0.473. The molecule has 2 unspecified atom stereocenters. The van der Waals surface area contributed by atoms with Crippen LogP contribution in [0.2, 0.25) is 0 Å². The molecule has 1 fully saturated rings. The van der Waals surface area contributed by atoms with Crippen LogP contribution in [0.15, 0.2) is 0 Å². The van der Waals surface area contributed by atoms with Gasteiger partial charge in [0.15, 0.2) is 0 Å². The Morgan fingerprint density at radius 2 is 1.89 bits per heavy atom. The van der Waals surface area contributed by atoms with Gasteiger partial charge >= 0.3 is 0 Å². The minimum atomic E-state index is 0.551. The van der Waals surface area contributed by atoms with Gasteiger partial charge in [-0.3, -0.25) is 11.3 Å². The van der Waals surface area contributed by atoms with E-state index in [0.717, 1.165) is 11.8 Å². The Hall–Kier alpha value is -0.0800. The van der Waals surface area contributed by atoms with E-state index >= 15 is 0 Å². The first-order valence-electron chi connectivity index (χ1n) is 8.26.